The molecule has 0 saturated carbocycles. The molecule has 0 unspecified atom stereocenters. The van der Waals surface area contributed by atoms with E-state index in [0.29, 0.717) is 35.1 Å². The van der Waals surface area contributed by atoms with Gasteiger partial charge in [-0.15, -0.1) is 11.3 Å². The third-order valence-corrected chi connectivity index (χ3v) is 8.62. The smallest absolute Gasteiger partial charge is 0.251 e. The number of carbonyl (C=O) groups excluding carboxylic acids is 1. The highest BCUT2D eigenvalue weighted by Crippen LogP contribution is 2.37. The van der Waals surface area contributed by atoms with Crippen molar-refractivity contribution in [3.8, 4) is 21.8 Å². The van der Waals surface area contributed by atoms with Crippen LogP contribution < -0.4 is 10.2 Å². The van der Waals surface area contributed by atoms with Gasteiger partial charge in [-0.2, -0.15) is 10.2 Å². The van der Waals surface area contributed by atoms with Crippen molar-refractivity contribution in [2.75, 3.05) is 31.1 Å². The molecule has 1 aliphatic rings. The molecule has 5 aromatic heterocycles. The summed E-state index contributed by atoms with van der Waals surface area (Å²) in [5.41, 5.74) is 3.52. The van der Waals surface area contributed by atoms with Crippen molar-refractivity contribution < 1.29 is 4.79 Å². The predicted octanol–water partition coefficient (Wildman–Crippen LogP) is 4.36. The van der Waals surface area contributed by atoms with E-state index in [1.807, 2.05) is 42.8 Å². The highest BCUT2D eigenvalue weighted by atomic mass is 32.1. The maximum atomic E-state index is 13.5. The number of thiophene rings is 1. The fourth-order valence-corrected chi connectivity index (χ4v) is 6.01. The van der Waals surface area contributed by atoms with E-state index in [0.717, 1.165) is 48.0 Å². The van der Waals surface area contributed by atoms with Gasteiger partial charge in [0.25, 0.3) is 5.91 Å². The summed E-state index contributed by atoms with van der Waals surface area (Å²) >= 11 is 1.64. The summed E-state index contributed by atoms with van der Waals surface area (Å²) in [6.07, 6.45) is 4.60. The van der Waals surface area contributed by atoms with Crippen molar-refractivity contribution in [1.82, 2.24) is 45.0 Å². The maximum absolute atomic E-state index is 13.5. The van der Waals surface area contributed by atoms with Gasteiger partial charge in [0.2, 0.25) is 0 Å². The molecule has 1 aliphatic heterocycles. The van der Waals surface area contributed by atoms with Gasteiger partial charge >= 0.3 is 0 Å². The first kappa shape index (κ1) is 27.0. The van der Waals surface area contributed by atoms with Crippen LogP contribution in [0.4, 0.5) is 5.82 Å². The normalized spacial score (nSPS) is 15.8. The fourth-order valence-electron chi connectivity index (χ4n) is 5.32. The second-order valence-electron chi connectivity index (χ2n) is 10.3. The van der Waals surface area contributed by atoms with E-state index in [2.05, 4.69) is 62.2 Å². The Morgan fingerprint density at radius 2 is 2.05 bits per heavy atom. The number of aromatic nitrogens is 7. The summed E-state index contributed by atoms with van der Waals surface area (Å²) in [4.78, 5) is 33.6. The van der Waals surface area contributed by atoms with Gasteiger partial charge < -0.3 is 10.2 Å². The Balaban J connectivity index is 1.38. The molecular formula is C29H34N10OS. The van der Waals surface area contributed by atoms with Crippen LogP contribution in [0.2, 0.25) is 0 Å². The summed E-state index contributed by atoms with van der Waals surface area (Å²) in [5.74, 6) is 2.09. The molecule has 0 spiro atoms. The molecule has 2 N–H and O–H groups in total. The van der Waals surface area contributed by atoms with Crippen LogP contribution >= 0.6 is 11.3 Å². The van der Waals surface area contributed by atoms with Crippen molar-refractivity contribution in [1.29, 1.82) is 0 Å². The summed E-state index contributed by atoms with van der Waals surface area (Å²) in [7, 11) is 0. The number of anilines is 1. The number of likely N-dealkylation sites (N-methyl/N-ethyl adjacent to an activating group) is 1. The third-order valence-electron chi connectivity index (χ3n) is 7.73. The Labute approximate surface area is 242 Å². The molecule has 0 bridgehead atoms. The van der Waals surface area contributed by atoms with E-state index in [9.17, 15) is 4.79 Å². The van der Waals surface area contributed by atoms with Crippen molar-refractivity contribution in [2.45, 2.75) is 46.2 Å². The second-order valence-corrected chi connectivity index (χ2v) is 11.2. The second kappa shape index (κ2) is 11.4. The zero-order valence-electron chi connectivity index (χ0n) is 23.7. The van der Waals surface area contributed by atoms with E-state index >= 15 is 0 Å². The molecule has 0 aromatic carbocycles. The molecular weight excluding hydrogens is 536 g/mol. The Kier molecular flexibility index (Phi) is 7.50. The van der Waals surface area contributed by atoms with E-state index < -0.39 is 0 Å². The minimum absolute atomic E-state index is 0.0185. The number of H-pyrrole nitrogens is 1. The van der Waals surface area contributed by atoms with Crippen LogP contribution in [0.5, 0.6) is 0 Å². The van der Waals surface area contributed by atoms with Crippen LogP contribution in [-0.4, -0.2) is 77.8 Å². The minimum Gasteiger partial charge on any atom is -0.350 e. The van der Waals surface area contributed by atoms with Gasteiger partial charge in [0.05, 0.1) is 34.1 Å². The number of carbonyl (C=O) groups is 1. The molecule has 6 heterocycles. The topological polar surface area (TPSA) is 120 Å². The molecule has 41 heavy (non-hydrogen) atoms. The lowest BCUT2D eigenvalue weighted by Crippen LogP contribution is -2.43. The molecule has 5 aromatic rings. The first-order valence-corrected chi connectivity index (χ1v) is 14.9. The molecule has 1 amide bonds. The lowest BCUT2D eigenvalue weighted by Gasteiger charge is -2.40. The number of nitrogens with zero attached hydrogens (tertiary/aromatic N) is 8. The molecule has 0 aliphatic carbocycles. The van der Waals surface area contributed by atoms with Gasteiger partial charge in [-0.25, -0.2) is 19.5 Å². The van der Waals surface area contributed by atoms with Crippen molar-refractivity contribution >= 4 is 28.7 Å². The van der Waals surface area contributed by atoms with E-state index in [1.165, 1.54) is 0 Å². The molecule has 0 radical (unpaired) electrons. The average molecular weight is 571 g/mol. The van der Waals surface area contributed by atoms with Crippen molar-refractivity contribution in [3.05, 3.63) is 65.3 Å². The standard InChI is InChI=1S/C29H34N10OS/c1-5-37(6-2)18(3)16-30-29(40)20-14-23(33-26(15-20)38-11-10-24(38)27-32-19(4)35-36-27)21-17-31-39-12-9-22(34-28(21)39)25-8-7-13-41-25/h7-9,12-15,17-18,24H,5-6,10-11,16H2,1-4H3,(H,30,40)(H,32,35,36)/t18-,24-/m0/s1. The summed E-state index contributed by atoms with van der Waals surface area (Å²) in [6.45, 7) is 11.5. The van der Waals surface area contributed by atoms with E-state index in [4.69, 9.17) is 9.97 Å². The number of nitrogens with one attached hydrogen (secondary N) is 2. The first-order valence-electron chi connectivity index (χ1n) is 14.0. The molecule has 6 rings (SSSR count). The van der Waals surface area contributed by atoms with Gasteiger partial charge in [0.1, 0.15) is 17.5 Å². The molecule has 12 heteroatoms. The minimum atomic E-state index is -0.134. The quantitative estimate of drug-likeness (QED) is 0.254. The van der Waals surface area contributed by atoms with Crippen LogP contribution in [0.15, 0.2) is 48.1 Å². The average Bonchev–Trinajstić information content (AvgIpc) is 3.73. The zero-order valence-corrected chi connectivity index (χ0v) is 24.5. The molecule has 2 atom stereocenters. The van der Waals surface area contributed by atoms with Crippen LogP contribution in [0.1, 0.15) is 55.2 Å². The van der Waals surface area contributed by atoms with Crippen molar-refractivity contribution in [2.24, 2.45) is 0 Å². The number of fused-ring (bicyclic) bond motifs is 1. The zero-order chi connectivity index (χ0) is 28.5. The number of aryl methyl sites for hydroxylation is 1. The molecule has 1 saturated heterocycles. The Bertz CT molecular complexity index is 1660. The Morgan fingerprint density at radius 3 is 2.73 bits per heavy atom. The number of hydrogen-bond donors (Lipinski definition) is 2. The third kappa shape index (κ3) is 5.32. The van der Waals surface area contributed by atoms with Crippen LogP contribution in [-0.2, 0) is 0 Å². The van der Waals surface area contributed by atoms with Gasteiger partial charge in [-0.05, 0) is 63.0 Å². The van der Waals surface area contributed by atoms with Gasteiger partial charge in [0.15, 0.2) is 5.65 Å². The SMILES string of the molecule is CCN(CC)[C@@H](C)CNC(=O)c1cc(-c2cnn3ccc(-c4cccs4)nc23)nc(N2CC[C@H]2c2nc(C)n[nH]2)c1. The first-order chi connectivity index (χ1) is 19.9. The van der Waals surface area contributed by atoms with Gasteiger partial charge in [-0.1, -0.05) is 19.9 Å². The maximum Gasteiger partial charge on any atom is 0.251 e. The van der Waals surface area contributed by atoms with E-state index in [-0.39, 0.29) is 18.0 Å². The van der Waals surface area contributed by atoms with Crippen molar-refractivity contribution in [3.63, 3.8) is 0 Å². The summed E-state index contributed by atoms with van der Waals surface area (Å²) in [6, 6.07) is 9.97. The lowest BCUT2D eigenvalue weighted by molar-refractivity contribution is 0.0938. The van der Waals surface area contributed by atoms with Gasteiger partial charge in [0, 0.05) is 30.9 Å². The number of hydrogen-bond acceptors (Lipinski definition) is 9. The Hall–Kier alpha value is -4.16. The number of aromatic amines is 1. The number of pyridine rings is 1. The molecule has 11 nitrogen and oxygen atoms in total. The lowest BCUT2D eigenvalue weighted by atomic mass is 10.0. The highest BCUT2D eigenvalue weighted by Gasteiger charge is 2.34. The summed E-state index contributed by atoms with van der Waals surface area (Å²) in [5, 5.41) is 17.0. The number of rotatable bonds is 10. The number of amides is 1. The largest absolute Gasteiger partial charge is 0.350 e. The highest BCUT2D eigenvalue weighted by molar-refractivity contribution is 7.13. The van der Waals surface area contributed by atoms with Crippen LogP contribution in [0.3, 0.4) is 0 Å². The summed E-state index contributed by atoms with van der Waals surface area (Å²) < 4.78 is 1.75. The fraction of sp³-hybridized carbons (Fsp3) is 0.379. The molecule has 212 valence electrons. The van der Waals surface area contributed by atoms with Crippen LogP contribution in [0.25, 0.3) is 27.5 Å². The predicted molar refractivity (Wildman–Crippen MR) is 160 cm³/mol. The molecule has 1 fully saturated rings. The monoisotopic (exact) mass is 570 g/mol. The van der Waals surface area contributed by atoms with Crippen LogP contribution in [0, 0.1) is 6.92 Å². The van der Waals surface area contributed by atoms with Gasteiger partial charge in [-0.3, -0.25) is 14.8 Å². The Morgan fingerprint density at radius 1 is 1.20 bits per heavy atom. The van der Waals surface area contributed by atoms with E-state index in [1.54, 1.807) is 22.0 Å².